The van der Waals surface area contributed by atoms with Gasteiger partial charge in [-0.3, -0.25) is 0 Å². The smallest absolute Gasteiger partial charge is 0.306 e. The van der Waals surface area contributed by atoms with E-state index in [0.29, 0.717) is 24.6 Å². The van der Waals surface area contributed by atoms with E-state index in [2.05, 4.69) is 0 Å². The average molecular weight is 442 g/mol. The van der Waals surface area contributed by atoms with Crippen LogP contribution in [0.3, 0.4) is 0 Å². The molecule has 0 aliphatic carbocycles. The van der Waals surface area contributed by atoms with Crippen LogP contribution in [0.4, 0.5) is 0 Å². The van der Waals surface area contributed by atoms with Crippen molar-refractivity contribution in [3.8, 4) is 11.5 Å². The van der Waals surface area contributed by atoms with Gasteiger partial charge in [0.2, 0.25) is 10.0 Å². The normalized spacial score (nSPS) is 12.3. The number of nitrogens with zero attached hydrogens (tertiary/aromatic N) is 1. The predicted octanol–water partition coefficient (Wildman–Crippen LogP) is 3.27. The van der Waals surface area contributed by atoms with Crippen molar-refractivity contribution in [2.75, 3.05) is 19.9 Å². The van der Waals surface area contributed by atoms with Crippen molar-refractivity contribution in [2.45, 2.75) is 31.7 Å². The van der Waals surface area contributed by atoms with Crippen molar-refractivity contribution in [2.24, 2.45) is 5.92 Å². The lowest BCUT2D eigenvalue weighted by Crippen LogP contribution is -2.32. The lowest BCUT2D eigenvalue weighted by molar-refractivity contribution is 0.375. The van der Waals surface area contributed by atoms with Gasteiger partial charge < -0.3 is 8.92 Å². The summed E-state index contributed by atoms with van der Waals surface area (Å²) in [6, 6.07) is 12.6. The van der Waals surface area contributed by atoms with Crippen LogP contribution in [0.15, 0.2) is 53.4 Å². The van der Waals surface area contributed by atoms with E-state index >= 15 is 0 Å². The number of ether oxygens (including phenoxy) is 1. The van der Waals surface area contributed by atoms with Crippen molar-refractivity contribution >= 4 is 20.1 Å². The zero-order valence-corrected chi connectivity index (χ0v) is 18.7. The maximum absolute atomic E-state index is 13.2. The monoisotopic (exact) mass is 441 g/mol. The maximum atomic E-state index is 13.2. The third kappa shape index (κ3) is 7.02. The molecule has 0 N–H and O–H groups in total. The molecule has 29 heavy (non-hydrogen) atoms. The lowest BCUT2D eigenvalue weighted by atomic mass is 10.1. The van der Waals surface area contributed by atoms with Crippen molar-refractivity contribution in [1.82, 2.24) is 4.31 Å². The highest BCUT2D eigenvalue weighted by atomic mass is 32.2. The van der Waals surface area contributed by atoms with E-state index in [-0.39, 0.29) is 17.2 Å². The molecule has 0 saturated heterocycles. The van der Waals surface area contributed by atoms with Crippen molar-refractivity contribution in [3.05, 3.63) is 54.1 Å². The number of hydrogen-bond acceptors (Lipinski definition) is 6. The minimum absolute atomic E-state index is 0.167. The fraction of sp³-hybridized carbons (Fsp3) is 0.400. The molecule has 2 rings (SSSR count). The Morgan fingerprint density at radius 1 is 0.897 bits per heavy atom. The van der Waals surface area contributed by atoms with Crippen LogP contribution in [0.1, 0.15) is 25.8 Å². The molecule has 0 unspecified atom stereocenters. The summed E-state index contributed by atoms with van der Waals surface area (Å²) >= 11 is 0. The summed E-state index contributed by atoms with van der Waals surface area (Å²) in [7, 11) is -5.80. The van der Waals surface area contributed by atoms with Gasteiger partial charge in [-0.1, -0.05) is 26.0 Å². The van der Waals surface area contributed by atoms with Crippen LogP contribution in [0.5, 0.6) is 11.5 Å². The van der Waals surface area contributed by atoms with Crippen LogP contribution in [-0.4, -0.2) is 41.1 Å². The van der Waals surface area contributed by atoms with Crippen LogP contribution in [-0.2, 0) is 26.7 Å². The van der Waals surface area contributed by atoms with Gasteiger partial charge in [-0.15, -0.1) is 0 Å². The number of methoxy groups -OCH3 is 1. The van der Waals surface area contributed by atoms with Gasteiger partial charge in [0.15, 0.2) is 0 Å². The standard InChI is InChI=1S/C20H27NO6S2/c1-16(2)13-14-21(29(24,25)20-11-9-18(26-3)10-12-20)15-17-5-7-19(8-6-17)27-28(4,22)23/h5-12,16H,13-15H2,1-4H3. The minimum Gasteiger partial charge on any atom is -0.497 e. The predicted molar refractivity (Wildman–Crippen MR) is 112 cm³/mol. The van der Waals surface area contributed by atoms with Crippen molar-refractivity contribution < 1.29 is 25.8 Å². The number of rotatable bonds is 10. The quantitative estimate of drug-likeness (QED) is 0.526. The Labute approximate surface area is 173 Å². The van der Waals surface area contributed by atoms with E-state index in [9.17, 15) is 16.8 Å². The fourth-order valence-electron chi connectivity index (χ4n) is 2.61. The van der Waals surface area contributed by atoms with Gasteiger partial charge in [-0.05, 0) is 54.3 Å². The SMILES string of the molecule is COc1ccc(S(=O)(=O)N(CCC(C)C)Cc2ccc(OS(C)(=O)=O)cc2)cc1. The van der Waals surface area contributed by atoms with E-state index in [4.69, 9.17) is 8.92 Å². The molecule has 0 aliphatic heterocycles. The molecule has 0 spiro atoms. The molecule has 7 nitrogen and oxygen atoms in total. The highest BCUT2D eigenvalue weighted by Gasteiger charge is 2.25. The van der Waals surface area contributed by atoms with Crippen LogP contribution in [0, 0.1) is 5.92 Å². The zero-order valence-electron chi connectivity index (χ0n) is 17.0. The second kappa shape index (κ2) is 9.60. The Hall–Kier alpha value is -2.10. The van der Waals surface area contributed by atoms with E-state index in [1.54, 1.807) is 24.3 Å². The molecule has 2 aromatic carbocycles. The van der Waals surface area contributed by atoms with Crippen LogP contribution in [0.25, 0.3) is 0 Å². The topological polar surface area (TPSA) is 90.0 Å². The van der Waals surface area contributed by atoms with Gasteiger partial charge >= 0.3 is 10.1 Å². The third-order valence-corrected chi connectivity index (χ3v) is 6.54. The van der Waals surface area contributed by atoms with Gasteiger partial charge in [0.25, 0.3) is 0 Å². The summed E-state index contributed by atoms with van der Waals surface area (Å²) in [5.41, 5.74) is 0.728. The molecule has 0 aliphatic rings. The first-order chi connectivity index (χ1) is 13.5. The van der Waals surface area contributed by atoms with Gasteiger partial charge in [0.05, 0.1) is 18.3 Å². The second-order valence-electron chi connectivity index (χ2n) is 7.13. The van der Waals surface area contributed by atoms with Crippen molar-refractivity contribution in [3.63, 3.8) is 0 Å². The number of sulfonamides is 1. The molecule has 0 atom stereocenters. The Morgan fingerprint density at radius 2 is 1.45 bits per heavy atom. The van der Waals surface area contributed by atoms with E-state index in [1.807, 2.05) is 13.8 Å². The average Bonchev–Trinajstić information content (AvgIpc) is 2.65. The van der Waals surface area contributed by atoms with Gasteiger partial charge in [0.1, 0.15) is 11.5 Å². The molecule has 2 aromatic rings. The molecule has 0 amide bonds. The first-order valence-corrected chi connectivity index (χ1v) is 12.4. The largest absolute Gasteiger partial charge is 0.497 e. The highest BCUT2D eigenvalue weighted by molar-refractivity contribution is 7.89. The first-order valence-electron chi connectivity index (χ1n) is 9.14. The summed E-state index contributed by atoms with van der Waals surface area (Å²) in [4.78, 5) is 0.194. The Kier molecular flexibility index (Phi) is 7.67. The Bertz CT molecular complexity index is 998. The Balaban J connectivity index is 2.27. The molecule has 0 bridgehead atoms. The zero-order chi connectivity index (χ0) is 21.7. The summed E-state index contributed by atoms with van der Waals surface area (Å²) < 4.78 is 60.2. The van der Waals surface area contributed by atoms with Gasteiger partial charge in [-0.25, -0.2) is 8.42 Å². The Morgan fingerprint density at radius 3 is 1.93 bits per heavy atom. The lowest BCUT2D eigenvalue weighted by Gasteiger charge is -2.23. The minimum atomic E-state index is -3.71. The maximum Gasteiger partial charge on any atom is 0.306 e. The third-order valence-electron chi connectivity index (χ3n) is 4.18. The molecule has 0 radical (unpaired) electrons. The number of benzene rings is 2. The first kappa shape index (κ1) is 23.2. The molecule has 0 heterocycles. The van der Waals surface area contributed by atoms with Crippen molar-refractivity contribution in [1.29, 1.82) is 0 Å². The van der Waals surface area contributed by atoms with E-state index < -0.39 is 20.1 Å². The molecule has 0 saturated carbocycles. The molecular formula is C20H27NO6S2. The summed E-state index contributed by atoms with van der Waals surface area (Å²) in [5, 5.41) is 0. The second-order valence-corrected chi connectivity index (χ2v) is 10.6. The fourth-order valence-corrected chi connectivity index (χ4v) is 4.52. The molecular weight excluding hydrogens is 414 g/mol. The van der Waals surface area contributed by atoms with Crippen LogP contribution < -0.4 is 8.92 Å². The van der Waals surface area contributed by atoms with Crippen LogP contribution in [0.2, 0.25) is 0 Å². The molecule has 0 fully saturated rings. The molecule has 160 valence electrons. The molecule has 9 heteroatoms. The summed E-state index contributed by atoms with van der Waals surface area (Å²) in [6.07, 6.45) is 1.68. The van der Waals surface area contributed by atoms with Crippen LogP contribution >= 0.6 is 0 Å². The molecule has 0 aromatic heterocycles. The van der Waals surface area contributed by atoms with E-state index in [0.717, 1.165) is 11.8 Å². The summed E-state index contributed by atoms with van der Waals surface area (Å²) in [5.74, 6) is 1.11. The van der Waals surface area contributed by atoms with Gasteiger partial charge in [-0.2, -0.15) is 12.7 Å². The number of hydrogen-bond donors (Lipinski definition) is 0. The van der Waals surface area contributed by atoms with E-state index in [1.165, 1.54) is 35.7 Å². The summed E-state index contributed by atoms with van der Waals surface area (Å²) in [6.45, 7) is 4.61. The highest BCUT2D eigenvalue weighted by Crippen LogP contribution is 2.23. The van der Waals surface area contributed by atoms with Gasteiger partial charge in [0, 0.05) is 13.1 Å².